The summed E-state index contributed by atoms with van der Waals surface area (Å²) in [7, 11) is 1.59. The van der Waals surface area contributed by atoms with Crippen LogP contribution in [0.3, 0.4) is 0 Å². The van der Waals surface area contributed by atoms with Gasteiger partial charge in [0, 0.05) is 13.0 Å². The lowest BCUT2D eigenvalue weighted by atomic mass is 9.99. The molecule has 1 aromatic rings. The van der Waals surface area contributed by atoms with E-state index in [1.54, 1.807) is 26.2 Å². The SMILES string of the molecule is [CH2]C(COC)c1cccc(C)c1F. The summed E-state index contributed by atoms with van der Waals surface area (Å²) >= 11 is 0. The van der Waals surface area contributed by atoms with Crippen molar-refractivity contribution in [2.45, 2.75) is 12.8 Å². The summed E-state index contributed by atoms with van der Waals surface area (Å²) in [6.45, 7) is 6.03. The van der Waals surface area contributed by atoms with Crippen LogP contribution in [-0.2, 0) is 4.74 Å². The number of rotatable bonds is 3. The molecule has 13 heavy (non-hydrogen) atoms. The number of benzene rings is 1. The molecule has 0 bridgehead atoms. The van der Waals surface area contributed by atoms with E-state index in [0.29, 0.717) is 17.7 Å². The molecule has 1 unspecified atom stereocenters. The molecule has 1 radical (unpaired) electrons. The Bertz CT molecular complexity index is 283. The third-order valence-corrected chi connectivity index (χ3v) is 2.03. The van der Waals surface area contributed by atoms with E-state index in [2.05, 4.69) is 6.92 Å². The molecule has 0 heterocycles. The molecule has 0 aliphatic carbocycles. The molecule has 0 saturated heterocycles. The van der Waals surface area contributed by atoms with Crippen molar-refractivity contribution in [3.05, 3.63) is 42.1 Å². The highest BCUT2D eigenvalue weighted by atomic mass is 19.1. The van der Waals surface area contributed by atoms with Gasteiger partial charge < -0.3 is 4.74 Å². The van der Waals surface area contributed by atoms with Crippen LogP contribution >= 0.6 is 0 Å². The Balaban J connectivity index is 2.93. The van der Waals surface area contributed by atoms with Crippen LogP contribution in [0.5, 0.6) is 0 Å². The molecular weight excluding hydrogens is 167 g/mol. The summed E-state index contributed by atoms with van der Waals surface area (Å²) in [5.74, 6) is -0.301. The van der Waals surface area contributed by atoms with Crippen molar-refractivity contribution < 1.29 is 9.13 Å². The first-order chi connectivity index (χ1) is 6.16. The van der Waals surface area contributed by atoms with Gasteiger partial charge in [0.2, 0.25) is 0 Å². The molecule has 1 rings (SSSR count). The molecule has 1 atom stereocenters. The second kappa shape index (κ2) is 4.38. The minimum atomic E-state index is -0.167. The van der Waals surface area contributed by atoms with E-state index < -0.39 is 0 Å². The Labute approximate surface area is 78.5 Å². The number of aryl methyl sites for hydroxylation is 1. The van der Waals surface area contributed by atoms with E-state index in [9.17, 15) is 4.39 Å². The van der Waals surface area contributed by atoms with E-state index in [4.69, 9.17) is 4.74 Å². The third kappa shape index (κ3) is 2.28. The summed E-state index contributed by atoms with van der Waals surface area (Å²) in [6.07, 6.45) is 0. The lowest BCUT2D eigenvalue weighted by molar-refractivity contribution is 0.189. The zero-order valence-corrected chi connectivity index (χ0v) is 8.01. The van der Waals surface area contributed by atoms with Crippen LogP contribution in [0.4, 0.5) is 4.39 Å². The van der Waals surface area contributed by atoms with E-state index >= 15 is 0 Å². The summed E-state index contributed by atoms with van der Waals surface area (Å²) < 4.78 is 18.4. The van der Waals surface area contributed by atoms with Crippen molar-refractivity contribution in [1.82, 2.24) is 0 Å². The van der Waals surface area contributed by atoms with Gasteiger partial charge in [-0.2, -0.15) is 0 Å². The number of hydrogen-bond donors (Lipinski definition) is 0. The molecule has 0 fully saturated rings. The maximum atomic E-state index is 13.5. The van der Waals surface area contributed by atoms with Crippen LogP contribution < -0.4 is 0 Å². The monoisotopic (exact) mass is 181 g/mol. The van der Waals surface area contributed by atoms with E-state index in [-0.39, 0.29) is 11.7 Å². The van der Waals surface area contributed by atoms with Gasteiger partial charge in [-0.1, -0.05) is 18.2 Å². The molecule has 0 aliphatic rings. The fraction of sp³-hybridized carbons (Fsp3) is 0.364. The molecule has 1 aromatic carbocycles. The highest BCUT2D eigenvalue weighted by Gasteiger charge is 2.11. The fourth-order valence-corrected chi connectivity index (χ4v) is 1.28. The predicted molar refractivity (Wildman–Crippen MR) is 51.1 cm³/mol. The summed E-state index contributed by atoms with van der Waals surface area (Å²) in [6, 6.07) is 5.33. The molecule has 2 heteroatoms. The average molecular weight is 181 g/mol. The Hall–Kier alpha value is -0.890. The van der Waals surface area contributed by atoms with Gasteiger partial charge in [0.15, 0.2) is 0 Å². The smallest absolute Gasteiger partial charge is 0.129 e. The molecule has 0 amide bonds. The van der Waals surface area contributed by atoms with Crippen molar-refractivity contribution in [3.8, 4) is 0 Å². The minimum absolute atomic E-state index is 0.134. The van der Waals surface area contributed by atoms with Crippen LogP contribution in [0.25, 0.3) is 0 Å². The minimum Gasteiger partial charge on any atom is -0.384 e. The molecule has 0 aliphatic heterocycles. The molecule has 1 nitrogen and oxygen atoms in total. The molecule has 0 N–H and O–H groups in total. The highest BCUT2D eigenvalue weighted by molar-refractivity contribution is 5.28. The molecule has 0 spiro atoms. The van der Waals surface area contributed by atoms with Crippen molar-refractivity contribution in [2.75, 3.05) is 13.7 Å². The van der Waals surface area contributed by atoms with Crippen LogP contribution in [0.2, 0.25) is 0 Å². The normalized spacial score (nSPS) is 12.9. The van der Waals surface area contributed by atoms with Gasteiger partial charge in [-0.15, -0.1) is 0 Å². The Morgan fingerprint density at radius 1 is 1.54 bits per heavy atom. The van der Waals surface area contributed by atoms with Crippen molar-refractivity contribution in [2.24, 2.45) is 0 Å². The number of methoxy groups -OCH3 is 1. The van der Waals surface area contributed by atoms with Gasteiger partial charge in [-0.05, 0) is 25.0 Å². The van der Waals surface area contributed by atoms with Crippen molar-refractivity contribution in [1.29, 1.82) is 0 Å². The maximum absolute atomic E-state index is 13.5. The molecule has 71 valence electrons. The third-order valence-electron chi connectivity index (χ3n) is 2.03. The first-order valence-electron chi connectivity index (χ1n) is 4.24. The number of hydrogen-bond acceptors (Lipinski definition) is 1. The first-order valence-corrected chi connectivity index (χ1v) is 4.24. The van der Waals surface area contributed by atoms with Gasteiger partial charge in [-0.25, -0.2) is 4.39 Å². The lowest BCUT2D eigenvalue weighted by Crippen LogP contribution is -2.05. The van der Waals surface area contributed by atoms with Gasteiger partial charge in [-0.3, -0.25) is 0 Å². The molecule has 0 aromatic heterocycles. The average Bonchev–Trinajstić information content (AvgIpc) is 2.10. The van der Waals surface area contributed by atoms with Gasteiger partial charge in [0.25, 0.3) is 0 Å². The second-order valence-electron chi connectivity index (χ2n) is 3.13. The number of halogens is 1. The summed E-state index contributed by atoms with van der Waals surface area (Å²) in [5, 5.41) is 0. The van der Waals surface area contributed by atoms with E-state index in [0.717, 1.165) is 0 Å². The van der Waals surface area contributed by atoms with E-state index in [1.807, 2.05) is 6.07 Å². The summed E-state index contributed by atoms with van der Waals surface area (Å²) in [5.41, 5.74) is 1.28. The first kappa shape index (κ1) is 10.2. The quantitative estimate of drug-likeness (QED) is 0.696. The molecular formula is C11H14FO. The Morgan fingerprint density at radius 3 is 2.85 bits per heavy atom. The fourth-order valence-electron chi connectivity index (χ4n) is 1.28. The van der Waals surface area contributed by atoms with Crippen LogP contribution in [-0.4, -0.2) is 13.7 Å². The van der Waals surface area contributed by atoms with E-state index in [1.165, 1.54) is 0 Å². The van der Waals surface area contributed by atoms with Gasteiger partial charge in [0.1, 0.15) is 5.82 Å². The summed E-state index contributed by atoms with van der Waals surface area (Å²) in [4.78, 5) is 0. The number of ether oxygens (including phenoxy) is 1. The molecule has 0 saturated carbocycles. The second-order valence-corrected chi connectivity index (χ2v) is 3.13. The van der Waals surface area contributed by atoms with Gasteiger partial charge >= 0.3 is 0 Å². The van der Waals surface area contributed by atoms with Crippen LogP contribution in [0, 0.1) is 19.7 Å². The topological polar surface area (TPSA) is 9.23 Å². The Morgan fingerprint density at radius 2 is 2.23 bits per heavy atom. The zero-order chi connectivity index (χ0) is 9.84. The van der Waals surface area contributed by atoms with Crippen molar-refractivity contribution in [3.63, 3.8) is 0 Å². The van der Waals surface area contributed by atoms with Crippen LogP contribution in [0.15, 0.2) is 18.2 Å². The largest absolute Gasteiger partial charge is 0.384 e. The maximum Gasteiger partial charge on any atom is 0.129 e. The highest BCUT2D eigenvalue weighted by Crippen LogP contribution is 2.20. The lowest BCUT2D eigenvalue weighted by Gasteiger charge is -2.12. The standard InChI is InChI=1S/C11H14FO/c1-8-5-4-6-10(11(8)12)9(2)7-13-3/h4-6,9H,2,7H2,1,3H3. The Kier molecular flexibility index (Phi) is 3.43. The van der Waals surface area contributed by atoms with Crippen molar-refractivity contribution >= 4 is 0 Å². The predicted octanol–water partition coefficient (Wildman–Crippen LogP) is 2.70. The van der Waals surface area contributed by atoms with Crippen LogP contribution in [0.1, 0.15) is 17.0 Å². The van der Waals surface area contributed by atoms with Gasteiger partial charge in [0.05, 0.1) is 6.61 Å². The zero-order valence-electron chi connectivity index (χ0n) is 8.01.